The van der Waals surface area contributed by atoms with Crippen LogP contribution in [0.4, 0.5) is 0 Å². The van der Waals surface area contributed by atoms with Gasteiger partial charge < -0.3 is 14.8 Å². The van der Waals surface area contributed by atoms with E-state index in [1.54, 1.807) is 13.8 Å². The number of esters is 1. The van der Waals surface area contributed by atoms with Crippen molar-refractivity contribution in [1.82, 2.24) is 5.32 Å². The van der Waals surface area contributed by atoms with Crippen molar-refractivity contribution in [1.29, 1.82) is 5.53 Å². The Labute approximate surface area is 128 Å². The zero-order valence-electron chi connectivity index (χ0n) is 12.8. The molecule has 1 rings (SSSR count). The third-order valence-corrected chi connectivity index (χ3v) is 2.83. The van der Waals surface area contributed by atoms with Crippen LogP contribution in [0.3, 0.4) is 0 Å². The van der Waals surface area contributed by atoms with Crippen molar-refractivity contribution in [2.45, 2.75) is 57.8 Å². The molecule has 122 valence electrons. The van der Waals surface area contributed by atoms with E-state index in [0.29, 0.717) is 0 Å². The molecule has 0 aliphatic heterocycles. The van der Waals surface area contributed by atoms with E-state index >= 15 is 0 Å². The van der Waals surface area contributed by atoms with Crippen molar-refractivity contribution in [3.63, 3.8) is 0 Å². The van der Waals surface area contributed by atoms with E-state index in [0.717, 1.165) is 19.1 Å². The maximum absolute atomic E-state index is 12.0. The average molecular weight is 312 g/mol. The third kappa shape index (κ3) is 7.66. The molecule has 2 N–H and O–H groups in total. The smallest absolute Gasteiger partial charge is 0.372 e. The van der Waals surface area contributed by atoms with Crippen LogP contribution in [0.25, 0.3) is 0 Å². The fourth-order valence-electron chi connectivity index (χ4n) is 1.65. The molecular formula is C14H22N3O5+. The van der Waals surface area contributed by atoms with Gasteiger partial charge >= 0.3 is 12.2 Å². The van der Waals surface area contributed by atoms with Crippen molar-refractivity contribution in [3.8, 4) is 0 Å². The summed E-state index contributed by atoms with van der Waals surface area (Å²) in [5.41, 5.74) is 6.58. The summed E-state index contributed by atoms with van der Waals surface area (Å²) in [5.74, 6) is -1.40. The van der Waals surface area contributed by atoms with Crippen molar-refractivity contribution in [2.75, 3.05) is 6.61 Å². The van der Waals surface area contributed by atoms with Gasteiger partial charge in [-0.1, -0.05) is 0 Å². The molecule has 1 atom stereocenters. The summed E-state index contributed by atoms with van der Waals surface area (Å²) in [6, 6.07) is -0.916. The first kappa shape index (κ1) is 18.0. The highest BCUT2D eigenvalue weighted by Gasteiger charge is 2.27. The minimum atomic E-state index is -0.916. The summed E-state index contributed by atoms with van der Waals surface area (Å²) in [6.07, 6.45) is 2.67. The molecule has 22 heavy (non-hydrogen) atoms. The van der Waals surface area contributed by atoms with E-state index in [4.69, 9.17) is 15.0 Å². The maximum Gasteiger partial charge on any atom is 0.372 e. The minimum absolute atomic E-state index is 0.00992. The molecular weight excluding hydrogens is 290 g/mol. The van der Waals surface area contributed by atoms with Gasteiger partial charge in [-0.15, -0.1) is 0 Å². The molecule has 0 aromatic carbocycles. The number of amides is 1. The lowest BCUT2D eigenvalue weighted by atomic mass is 10.1. The Hall–Kier alpha value is -2.05. The van der Waals surface area contributed by atoms with Crippen LogP contribution in [0, 0.1) is 5.53 Å². The molecule has 0 heterocycles. The number of ether oxygens (including phenoxy) is 2. The van der Waals surface area contributed by atoms with Crippen molar-refractivity contribution in [3.05, 3.63) is 0 Å². The molecule has 1 amide bonds. The number of rotatable bonds is 10. The molecule has 0 spiro atoms. The Kier molecular flexibility index (Phi) is 7.42. The number of nitrogens with zero attached hydrogens (tertiary/aromatic N) is 1. The Bertz CT molecular complexity index is 467. The van der Waals surface area contributed by atoms with Crippen LogP contribution in [-0.2, 0) is 23.9 Å². The number of ketones is 1. The highest BCUT2D eigenvalue weighted by molar-refractivity contribution is 6.25. The summed E-state index contributed by atoms with van der Waals surface area (Å²) >= 11 is 0. The highest BCUT2D eigenvalue weighted by atomic mass is 16.5. The zero-order valence-corrected chi connectivity index (χ0v) is 12.8. The second kappa shape index (κ2) is 9.07. The van der Waals surface area contributed by atoms with E-state index < -0.39 is 17.9 Å². The van der Waals surface area contributed by atoms with Crippen LogP contribution in [0.15, 0.2) is 0 Å². The molecule has 0 aromatic rings. The quantitative estimate of drug-likeness (QED) is 0.259. The number of carbonyl (C=O) groups is 3. The van der Waals surface area contributed by atoms with E-state index in [1.807, 2.05) is 0 Å². The standard InChI is InChI=1S/C14H21N3O5/c1-9(2)22-14(20)12(6-3-10(18)7-16-15)17-13(19)8-21-11-4-5-11/h7,9,11-12,15H,3-6,8H2,1-2H3/p+1/t12-/m0/s1. The van der Waals surface area contributed by atoms with Crippen LogP contribution in [-0.4, -0.2) is 53.5 Å². The lowest BCUT2D eigenvalue weighted by molar-refractivity contribution is -0.152. The normalized spacial score (nSPS) is 14.9. The van der Waals surface area contributed by atoms with Gasteiger partial charge in [-0.2, -0.15) is 0 Å². The van der Waals surface area contributed by atoms with Gasteiger partial charge in [-0.25, -0.2) is 4.79 Å². The Morgan fingerprint density at radius 1 is 1.36 bits per heavy atom. The van der Waals surface area contributed by atoms with E-state index in [2.05, 4.69) is 10.1 Å². The van der Waals surface area contributed by atoms with Gasteiger partial charge in [0.1, 0.15) is 12.6 Å². The van der Waals surface area contributed by atoms with E-state index in [9.17, 15) is 14.4 Å². The number of carbonyl (C=O) groups excluding carboxylic acids is 3. The second-order valence-electron chi connectivity index (χ2n) is 5.38. The topological polar surface area (TPSA) is 120 Å². The first-order chi connectivity index (χ1) is 10.4. The molecule has 1 aliphatic carbocycles. The molecule has 0 aromatic heterocycles. The largest absolute Gasteiger partial charge is 0.461 e. The lowest BCUT2D eigenvalue weighted by Crippen LogP contribution is -2.44. The fraction of sp³-hybridized carbons (Fsp3) is 0.714. The van der Waals surface area contributed by atoms with E-state index in [1.165, 1.54) is 0 Å². The van der Waals surface area contributed by atoms with E-state index in [-0.39, 0.29) is 37.4 Å². The summed E-state index contributed by atoms with van der Waals surface area (Å²) in [5, 5.41) is 2.52. The molecule has 1 saturated carbocycles. The van der Waals surface area contributed by atoms with Crippen LogP contribution >= 0.6 is 0 Å². The monoisotopic (exact) mass is 312 g/mol. The van der Waals surface area contributed by atoms with Crippen molar-refractivity contribution < 1.29 is 28.6 Å². The van der Waals surface area contributed by atoms with Crippen LogP contribution in [0.5, 0.6) is 0 Å². The molecule has 0 saturated heterocycles. The number of nitrogens with one attached hydrogen (secondary N) is 2. The summed E-state index contributed by atoms with van der Waals surface area (Å²) < 4.78 is 10.3. The molecule has 0 bridgehead atoms. The lowest BCUT2D eigenvalue weighted by Gasteiger charge is -2.18. The van der Waals surface area contributed by atoms with Crippen molar-refractivity contribution >= 4 is 23.9 Å². The minimum Gasteiger partial charge on any atom is -0.461 e. The SMILES string of the molecule is CC(C)OC(=O)[C@H](CCC(=O)C=[N+]=N)NC(=O)COC1CC1. The second-order valence-corrected chi connectivity index (χ2v) is 5.38. The summed E-state index contributed by atoms with van der Waals surface area (Å²) in [6.45, 7) is 3.29. The van der Waals surface area contributed by atoms with Gasteiger partial charge in [0.05, 0.1) is 22.5 Å². The first-order valence-electron chi connectivity index (χ1n) is 7.26. The number of hydrogen-bond donors (Lipinski definition) is 2. The molecule has 8 nitrogen and oxygen atoms in total. The summed E-state index contributed by atoms with van der Waals surface area (Å²) in [7, 11) is 0. The van der Waals surface area contributed by atoms with Crippen LogP contribution in [0.2, 0.25) is 0 Å². The van der Waals surface area contributed by atoms with Gasteiger partial charge in [-0.3, -0.25) is 9.59 Å². The van der Waals surface area contributed by atoms with Crippen molar-refractivity contribution in [2.24, 2.45) is 0 Å². The fourth-order valence-corrected chi connectivity index (χ4v) is 1.65. The average Bonchev–Trinajstić information content (AvgIpc) is 3.24. The molecule has 0 radical (unpaired) electrons. The van der Waals surface area contributed by atoms with Crippen LogP contribution in [0.1, 0.15) is 39.5 Å². The third-order valence-electron chi connectivity index (χ3n) is 2.83. The Balaban J connectivity index is 2.50. The van der Waals surface area contributed by atoms with Gasteiger partial charge in [0.15, 0.2) is 0 Å². The predicted molar refractivity (Wildman–Crippen MR) is 75.4 cm³/mol. The molecule has 1 aliphatic rings. The molecule has 8 heteroatoms. The van der Waals surface area contributed by atoms with Gasteiger partial charge in [-0.05, 0) is 33.1 Å². The molecule has 0 unspecified atom stereocenters. The first-order valence-corrected chi connectivity index (χ1v) is 7.26. The number of Topliss-reactive ketones (excluding diaryl/α,β-unsaturated/α-hetero) is 1. The van der Waals surface area contributed by atoms with Gasteiger partial charge in [0.25, 0.3) is 0 Å². The van der Waals surface area contributed by atoms with Crippen LogP contribution < -0.4 is 5.32 Å². The maximum atomic E-state index is 12.0. The van der Waals surface area contributed by atoms with Gasteiger partial charge in [0.2, 0.25) is 11.7 Å². The number of hydrogen-bond acceptors (Lipinski definition) is 6. The highest BCUT2D eigenvalue weighted by Crippen LogP contribution is 2.22. The summed E-state index contributed by atoms with van der Waals surface area (Å²) in [4.78, 5) is 37.9. The Morgan fingerprint density at radius 3 is 2.59 bits per heavy atom. The predicted octanol–water partition coefficient (Wildman–Crippen LogP) is 0.261. The zero-order chi connectivity index (χ0) is 16.5. The Morgan fingerprint density at radius 2 is 2.05 bits per heavy atom. The van der Waals surface area contributed by atoms with Gasteiger partial charge in [0, 0.05) is 6.42 Å². The molecule has 1 fully saturated rings.